The van der Waals surface area contributed by atoms with Crippen LogP contribution >= 0.6 is 12.6 Å². The third kappa shape index (κ3) is 11.3. The SMILES string of the molecule is COC(=O)[C@@]1(O[C@H]2[C@@H](O)[C@@H](CO)O[C@@H](O[C@H]3[C@H](O)[C@@H](O)C(O)O[C@@H]3CO)[C@@H]2O)O[C@@H]([C@H](OC(C)=O)[C@@H](COC(C)=O)OC(C)=O)[C@H](NC(C)=O)[C@@H](OC(C)=O)[C@@H]1S. The van der Waals surface area contributed by atoms with Gasteiger partial charge in [-0.25, -0.2) is 4.79 Å². The summed E-state index contributed by atoms with van der Waals surface area (Å²) in [5, 5.41) is 74.2. The number of carbonyl (C=O) groups excluding carboxylic acids is 6. The first-order valence-electron chi connectivity index (χ1n) is 17.3. The van der Waals surface area contributed by atoms with E-state index in [1.165, 1.54) is 0 Å². The molecule has 0 saturated carbocycles. The molecule has 57 heavy (non-hydrogen) atoms. The van der Waals surface area contributed by atoms with Gasteiger partial charge in [0.05, 0.1) is 26.4 Å². The fourth-order valence-corrected chi connectivity index (χ4v) is 6.93. The maximum atomic E-state index is 14.0. The number of thiol groups is 1. The summed E-state index contributed by atoms with van der Waals surface area (Å²) in [6.07, 6.45) is -27.4. The van der Waals surface area contributed by atoms with E-state index in [9.17, 15) is 64.5 Å². The zero-order valence-electron chi connectivity index (χ0n) is 31.5. The van der Waals surface area contributed by atoms with Gasteiger partial charge in [-0.05, 0) is 0 Å². The van der Waals surface area contributed by atoms with Crippen molar-refractivity contribution in [3.8, 4) is 0 Å². The first-order valence-corrected chi connectivity index (χ1v) is 17.8. The van der Waals surface area contributed by atoms with E-state index < -0.39 is 158 Å². The summed E-state index contributed by atoms with van der Waals surface area (Å²) >= 11 is 4.48. The van der Waals surface area contributed by atoms with Gasteiger partial charge in [0.2, 0.25) is 5.91 Å². The number of rotatable bonds is 15. The van der Waals surface area contributed by atoms with Gasteiger partial charge in [0.1, 0.15) is 72.9 Å². The molecule has 3 aliphatic rings. The number of hydrogen-bond donors (Lipinski definition) is 9. The number of aliphatic hydroxyl groups is 7. The van der Waals surface area contributed by atoms with Crippen molar-refractivity contribution in [2.24, 2.45) is 0 Å². The molecule has 17 atom stereocenters. The summed E-state index contributed by atoms with van der Waals surface area (Å²) in [6.45, 7) is 2.05. The average molecular weight is 848 g/mol. The van der Waals surface area contributed by atoms with Crippen LogP contribution in [0.5, 0.6) is 0 Å². The molecular formula is C32H49NO23S. The summed E-state index contributed by atoms with van der Waals surface area (Å²) in [4.78, 5) is 75.9. The topological polar surface area (TPSA) is 348 Å². The number of ether oxygens (including phenoxy) is 10. The highest BCUT2D eigenvalue weighted by molar-refractivity contribution is 7.81. The third-order valence-electron chi connectivity index (χ3n) is 8.89. The van der Waals surface area contributed by atoms with E-state index in [1.807, 2.05) is 0 Å². The van der Waals surface area contributed by atoms with E-state index in [2.05, 4.69) is 17.9 Å². The number of amides is 1. The van der Waals surface area contributed by atoms with Crippen LogP contribution in [-0.2, 0) is 76.1 Å². The standard InChI is InChI=1S/C32H49NO23S/c1-10(36)33-18-25(24(50-13(4)39)17(49-12(3)38)9-48-11(2)37)55-32(31(46)47-6,28(57)26(18)51-14(5)40)56-27-19(41)15(7-34)53-30(22(27)44)54-23-16(8-35)52-29(45)21(43)20(23)42/h15-30,34-35,41-45,57H,7-9H2,1-6H3,(H,33,36)/t15-,16-,17-,18+,19+,20-,21-,22-,23-,24-,25-,26-,27+,28+,29?,30+,32-/m1/s1. The van der Waals surface area contributed by atoms with Crippen LogP contribution in [0.4, 0.5) is 0 Å². The molecule has 3 saturated heterocycles. The third-order valence-corrected chi connectivity index (χ3v) is 9.52. The zero-order chi connectivity index (χ0) is 43.1. The first kappa shape index (κ1) is 48.1. The second kappa shape index (κ2) is 20.6. The second-order valence-electron chi connectivity index (χ2n) is 13.1. The molecule has 3 rings (SSSR count). The Morgan fingerprint density at radius 3 is 1.88 bits per heavy atom. The molecule has 1 amide bonds. The van der Waals surface area contributed by atoms with Crippen molar-refractivity contribution in [2.75, 3.05) is 26.9 Å². The van der Waals surface area contributed by atoms with Crippen LogP contribution < -0.4 is 5.32 Å². The van der Waals surface area contributed by atoms with E-state index in [0.29, 0.717) is 0 Å². The smallest absolute Gasteiger partial charge is 0.368 e. The van der Waals surface area contributed by atoms with E-state index in [4.69, 9.17) is 47.4 Å². The lowest BCUT2D eigenvalue weighted by Crippen LogP contribution is -2.76. The lowest BCUT2D eigenvalue weighted by Gasteiger charge is -2.53. The first-order chi connectivity index (χ1) is 26.6. The van der Waals surface area contributed by atoms with E-state index in [-0.39, 0.29) is 0 Å². The lowest BCUT2D eigenvalue weighted by atomic mass is 9.87. The quantitative estimate of drug-likeness (QED) is 0.0421. The minimum Gasteiger partial charge on any atom is -0.465 e. The molecule has 0 aromatic rings. The van der Waals surface area contributed by atoms with Gasteiger partial charge in [-0.1, -0.05) is 0 Å². The lowest BCUT2D eigenvalue weighted by molar-refractivity contribution is -0.384. The van der Waals surface area contributed by atoms with Crippen LogP contribution in [0.25, 0.3) is 0 Å². The molecule has 0 radical (unpaired) electrons. The van der Waals surface area contributed by atoms with E-state index in [1.54, 1.807) is 0 Å². The fourth-order valence-electron chi connectivity index (χ4n) is 6.45. The molecule has 0 bridgehead atoms. The Morgan fingerprint density at radius 2 is 1.37 bits per heavy atom. The summed E-state index contributed by atoms with van der Waals surface area (Å²) in [5.41, 5.74) is 0. The number of hydrogen-bond acceptors (Lipinski definition) is 24. The number of esters is 5. The minimum atomic E-state index is -3.13. The Balaban J connectivity index is 2.25. The van der Waals surface area contributed by atoms with Gasteiger partial charge in [0, 0.05) is 34.6 Å². The predicted octanol–water partition coefficient (Wildman–Crippen LogP) is -5.94. The average Bonchev–Trinajstić information content (AvgIpc) is 3.13. The molecule has 24 nitrogen and oxygen atoms in total. The second-order valence-corrected chi connectivity index (χ2v) is 13.7. The van der Waals surface area contributed by atoms with Crippen molar-refractivity contribution in [2.45, 2.75) is 138 Å². The highest BCUT2D eigenvalue weighted by atomic mass is 32.1. The fraction of sp³-hybridized carbons (Fsp3) is 0.812. The van der Waals surface area contributed by atoms with Gasteiger partial charge < -0.3 is 88.4 Å². The molecule has 326 valence electrons. The van der Waals surface area contributed by atoms with Gasteiger partial charge in [-0.2, -0.15) is 12.6 Å². The molecule has 3 heterocycles. The molecule has 0 spiro atoms. The van der Waals surface area contributed by atoms with Gasteiger partial charge in [0.25, 0.3) is 5.79 Å². The Bertz CT molecular complexity index is 1440. The highest BCUT2D eigenvalue weighted by Crippen LogP contribution is 2.42. The molecule has 0 aromatic carbocycles. The van der Waals surface area contributed by atoms with Crippen LogP contribution in [-0.4, -0.2) is 201 Å². The van der Waals surface area contributed by atoms with E-state index >= 15 is 0 Å². The van der Waals surface area contributed by atoms with E-state index in [0.717, 1.165) is 41.7 Å². The van der Waals surface area contributed by atoms with Crippen molar-refractivity contribution in [3.05, 3.63) is 0 Å². The van der Waals surface area contributed by atoms with Crippen molar-refractivity contribution in [3.63, 3.8) is 0 Å². The molecule has 3 aliphatic heterocycles. The Kier molecular flexibility index (Phi) is 17.4. The van der Waals surface area contributed by atoms with Crippen LogP contribution in [0, 0.1) is 0 Å². The number of methoxy groups -OCH3 is 1. The van der Waals surface area contributed by atoms with Crippen LogP contribution in [0.15, 0.2) is 0 Å². The Morgan fingerprint density at radius 1 is 0.754 bits per heavy atom. The summed E-state index contributed by atoms with van der Waals surface area (Å²) < 4.78 is 54.9. The molecule has 25 heteroatoms. The molecule has 8 N–H and O–H groups in total. The zero-order valence-corrected chi connectivity index (χ0v) is 32.4. The minimum absolute atomic E-state index is 0.819. The molecule has 1 unspecified atom stereocenters. The molecular weight excluding hydrogens is 798 g/mol. The normalized spacial score (nSPS) is 37.8. The summed E-state index contributed by atoms with van der Waals surface area (Å²) in [6, 6.07) is -1.69. The van der Waals surface area contributed by atoms with Gasteiger partial charge in [-0.15, -0.1) is 0 Å². The van der Waals surface area contributed by atoms with Crippen LogP contribution in [0.2, 0.25) is 0 Å². The largest absolute Gasteiger partial charge is 0.465 e. The number of carbonyl (C=O) groups is 6. The number of nitrogens with one attached hydrogen (secondary N) is 1. The van der Waals surface area contributed by atoms with Crippen LogP contribution in [0.1, 0.15) is 34.6 Å². The monoisotopic (exact) mass is 847 g/mol. The highest BCUT2D eigenvalue weighted by Gasteiger charge is 2.66. The van der Waals surface area contributed by atoms with Crippen molar-refractivity contribution in [1.29, 1.82) is 0 Å². The maximum absolute atomic E-state index is 14.0. The predicted molar refractivity (Wildman–Crippen MR) is 181 cm³/mol. The number of aliphatic hydroxyl groups excluding tert-OH is 7. The Labute approximate surface area is 329 Å². The van der Waals surface area contributed by atoms with Crippen molar-refractivity contribution >= 4 is 48.4 Å². The maximum Gasteiger partial charge on any atom is 0.368 e. The molecule has 0 aliphatic carbocycles. The van der Waals surface area contributed by atoms with Crippen molar-refractivity contribution < 1.29 is 112 Å². The van der Waals surface area contributed by atoms with Crippen molar-refractivity contribution in [1.82, 2.24) is 5.32 Å². The van der Waals surface area contributed by atoms with Crippen LogP contribution in [0.3, 0.4) is 0 Å². The van der Waals surface area contributed by atoms with Gasteiger partial charge >= 0.3 is 29.8 Å². The molecule has 0 aromatic heterocycles. The van der Waals surface area contributed by atoms with Gasteiger partial charge in [0.15, 0.2) is 24.8 Å². The van der Waals surface area contributed by atoms with Gasteiger partial charge in [-0.3, -0.25) is 24.0 Å². The summed E-state index contributed by atoms with van der Waals surface area (Å²) in [5.74, 6) is -9.52. The Hall–Kier alpha value is -3.31. The molecule has 3 fully saturated rings. The summed E-state index contributed by atoms with van der Waals surface area (Å²) in [7, 11) is 0.831.